The topological polar surface area (TPSA) is 32.3 Å². The van der Waals surface area contributed by atoms with Gasteiger partial charge in [-0.1, -0.05) is 49.4 Å². The maximum absolute atomic E-state index is 9.28. The van der Waals surface area contributed by atoms with Gasteiger partial charge in [0.25, 0.3) is 0 Å². The Labute approximate surface area is 127 Å². The Hall–Kier alpha value is -1.80. The zero-order valence-electron chi connectivity index (χ0n) is 12.9. The van der Waals surface area contributed by atoms with Gasteiger partial charge in [-0.3, -0.25) is 0 Å². The summed E-state index contributed by atoms with van der Waals surface area (Å²) in [7, 11) is 0. The number of hydrogen-bond acceptors (Lipinski definition) is 2. The maximum atomic E-state index is 9.28. The lowest BCUT2D eigenvalue weighted by molar-refractivity contribution is 0.474. The molecule has 2 atom stereocenters. The summed E-state index contributed by atoms with van der Waals surface area (Å²) in [5, 5.41) is 12.9. The van der Waals surface area contributed by atoms with Gasteiger partial charge in [0, 0.05) is 12.6 Å². The molecule has 0 aliphatic rings. The molecule has 0 aliphatic heterocycles. The van der Waals surface area contributed by atoms with Crippen LogP contribution in [0.2, 0.25) is 0 Å². The lowest BCUT2D eigenvalue weighted by atomic mass is 10.0. The van der Waals surface area contributed by atoms with Crippen LogP contribution in [-0.2, 0) is 6.42 Å². The molecular weight excluding hydrogens is 258 g/mol. The fourth-order valence-electron chi connectivity index (χ4n) is 2.43. The highest BCUT2D eigenvalue weighted by Crippen LogP contribution is 2.14. The van der Waals surface area contributed by atoms with Gasteiger partial charge in [0.2, 0.25) is 0 Å². The first-order valence-corrected chi connectivity index (χ1v) is 7.71. The quantitative estimate of drug-likeness (QED) is 0.801. The minimum atomic E-state index is 0.335. The lowest BCUT2D eigenvalue weighted by Gasteiger charge is -2.18. The summed E-state index contributed by atoms with van der Waals surface area (Å²) in [6.07, 6.45) is 2.14. The highest BCUT2D eigenvalue weighted by atomic mass is 16.3. The second-order valence-electron chi connectivity index (χ2n) is 5.83. The molecule has 0 saturated heterocycles. The fraction of sp³-hybridized carbons (Fsp3) is 0.368. The molecule has 0 saturated carbocycles. The standard InChI is InChI=1S/C19H25NO/c1-15(18-6-4-3-5-7-18)14-20-16(2)8-9-17-10-12-19(21)13-11-17/h3-7,10-13,15-16,20-21H,8-9,14H2,1-2H3. The summed E-state index contributed by atoms with van der Waals surface area (Å²) in [5.74, 6) is 0.865. The SMILES string of the molecule is CC(CCc1ccc(O)cc1)NCC(C)c1ccccc1. The van der Waals surface area contributed by atoms with Crippen LogP contribution in [0.1, 0.15) is 37.3 Å². The molecule has 0 fully saturated rings. The van der Waals surface area contributed by atoms with E-state index < -0.39 is 0 Å². The molecule has 0 spiro atoms. The Kier molecular flexibility index (Phi) is 5.82. The first kappa shape index (κ1) is 15.6. The first-order chi connectivity index (χ1) is 10.1. The Morgan fingerprint density at radius 2 is 1.62 bits per heavy atom. The molecule has 0 radical (unpaired) electrons. The number of benzene rings is 2. The molecule has 0 amide bonds. The Morgan fingerprint density at radius 3 is 2.29 bits per heavy atom. The Bertz CT molecular complexity index is 521. The minimum absolute atomic E-state index is 0.335. The van der Waals surface area contributed by atoms with Crippen LogP contribution < -0.4 is 5.32 Å². The molecule has 2 rings (SSSR count). The molecule has 0 bridgehead atoms. The summed E-state index contributed by atoms with van der Waals surface area (Å²) in [6.45, 7) is 5.49. The second kappa shape index (κ2) is 7.84. The highest BCUT2D eigenvalue weighted by Gasteiger charge is 2.07. The molecule has 0 aliphatic carbocycles. The van der Waals surface area contributed by atoms with Gasteiger partial charge >= 0.3 is 0 Å². The van der Waals surface area contributed by atoms with E-state index in [9.17, 15) is 5.11 Å². The summed E-state index contributed by atoms with van der Waals surface area (Å²) < 4.78 is 0. The van der Waals surface area contributed by atoms with Crippen molar-refractivity contribution >= 4 is 0 Å². The van der Waals surface area contributed by atoms with E-state index in [0.717, 1.165) is 19.4 Å². The van der Waals surface area contributed by atoms with Gasteiger partial charge in [0.05, 0.1) is 0 Å². The van der Waals surface area contributed by atoms with Crippen molar-refractivity contribution in [3.05, 3.63) is 65.7 Å². The number of aromatic hydroxyl groups is 1. The molecular formula is C19H25NO. The van der Waals surface area contributed by atoms with Crippen molar-refractivity contribution in [1.29, 1.82) is 0 Å². The Balaban J connectivity index is 1.72. The third-order valence-electron chi connectivity index (χ3n) is 3.94. The van der Waals surface area contributed by atoms with Crippen molar-refractivity contribution in [2.75, 3.05) is 6.54 Å². The molecule has 21 heavy (non-hydrogen) atoms. The predicted molar refractivity (Wildman–Crippen MR) is 88.7 cm³/mol. The molecule has 2 heteroatoms. The predicted octanol–water partition coefficient (Wildman–Crippen LogP) is 4.11. The largest absolute Gasteiger partial charge is 0.508 e. The molecule has 2 aromatic rings. The highest BCUT2D eigenvalue weighted by molar-refractivity contribution is 5.26. The summed E-state index contributed by atoms with van der Waals surface area (Å²) in [6, 6.07) is 18.6. The van der Waals surface area contributed by atoms with Crippen molar-refractivity contribution in [1.82, 2.24) is 5.32 Å². The maximum Gasteiger partial charge on any atom is 0.115 e. The second-order valence-corrected chi connectivity index (χ2v) is 5.83. The van der Waals surface area contributed by atoms with E-state index in [1.165, 1.54) is 11.1 Å². The zero-order chi connectivity index (χ0) is 15.1. The summed E-state index contributed by atoms with van der Waals surface area (Å²) in [4.78, 5) is 0. The minimum Gasteiger partial charge on any atom is -0.508 e. The van der Waals surface area contributed by atoms with Gasteiger partial charge in [0.1, 0.15) is 5.75 Å². The van der Waals surface area contributed by atoms with Crippen LogP contribution in [0, 0.1) is 0 Å². The van der Waals surface area contributed by atoms with Crippen LogP contribution in [0.3, 0.4) is 0 Å². The first-order valence-electron chi connectivity index (χ1n) is 7.71. The Morgan fingerprint density at radius 1 is 0.952 bits per heavy atom. The zero-order valence-corrected chi connectivity index (χ0v) is 12.9. The average molecular weight is 283 g/mol. The monoisotopic (exact) mass is 283 g/mol. The molecule has 0 aromatic heterocycles. The van der Waals surface area contributed by atoms with E-state index in [0.29, 0.717) is 17.7 Å². The number of phenols is 1. The van der Waals surface area contributed by atoms with E-state index in [1.54, 1.807) is 12.1 Å². The molecule has 2 aromatic carbocycles. The van der Waals surface area contributed by atoms with E-state index in [4.69, 9.17) is 0 Å². The average Bonchev–Trinajstić information content (AvgIpc) is 2.53. The van der Waals surface area contributed by atoms with Crippen molar-refractivity contribution in [3.63, 3.8) is 0 Å². The van der Waals surface area contributed by atoms with E-state index in [2.05, 4.69) is 49.5 Å². The van der Waals surface area contributed by atoms with Crippen LogP contribution in [0.4, 0.5) is 0 Å². The van der Waals surface area contributed by atoms with E-state index >= 15 is 0 Å². The summed E-state index contributed by atoms with van der Waals surface area (Å²) >= 11 is 0. The van der Waals surface area contributed by atoms with Crippen LogP contribution in [-0.4, -0.2) is 17.7 Å². The number of phenolic OH excluding ortho intramolecular Hbond substituents is 1. The van der Waals surface area contributed by atoms with Gasteiger partial charge in [-0.05, 0) is 48.9 Å². The fourth-order valence-corrected chi connectivity index (χ4v) is 2.43. The van der Waals surface area contributed by atoms with Crippen LogP contribution in [0.25, 0.3) is 0 Å². The number of nitrogens with one attached hydrogen (secondary N) is 1. The van der Waals surface area contributed by atoms with Crippen molar-refractivity contribution in [2.45, 2.75) is 38.6 Å². The third kappa shape index (κ3) is 5.24. The van der Waals surface area contributed by atoms with E-state index in [1.807, 2.05) is 12.1 Å². The van der Waals surface area contributed by atoms with Crippen molar-refractivity contribution in [3.8, 4) is 5.75 Å². The van der Waals surface area contributed by atoms with Crippen molar-refractivity contribution in [2.24, 2.45) is 0 Å². The molecule has 2 unspecified atom stereocenters. The summed E-state index contributed by atoms with van der Waals surface area (Å²) in [5.41, 5.74) is 2.66. The third-order valence-corrected chi connectivity index (χ3v) is 3.94. The van der Waals surface area contributed by atoms with Crippen molar-refractivity contribution < 1.29 is 5.11 Å². The van der Waals surface area contributed by atoms with Gasteiger partial charge in [0.15, 0.2) is 0 Å². The van der Waals surface area contributed by atoms with Crippen LogP contribution >= 0.6 is 0 Å². The van der Waals surface area contributed by atoms with Gasteiger partial charge in [-0.2, -0.15) is 0 Å². The molecule has 112 valence electrons. The van der Waals surface area contributed by atoms with Gasteiger partial charge in [-0.25, -0.2) is 0 Å². The molecule has 0 heterocycles. The smallest absolute Gasteiger partial charge is 0.115 e. The van der Waals surface area contributed by atoms with Crippen LogP contribution in [0.5, 0.6) is 5.75 Å². The molecule has 2 N–H and O–H groups in total. The lowest BCUT2D eigenvalue weighted by Crippen LogP contribution is -2.30. The number of rotatable bonds is 7. The van der Waals surface area contributed by atoms with E-state index in [-0.39, 0.29) is 0 Å². The number of hydrogen-bond donors (Lipinski definition) is 2. The normalized spacial score (nSPS) is 13.8. The van der Waals surface area contributed by atoms with Gasteiger partial charge < -0.3 is 10.4 Å². The van der Waals surface area contributed by atoms with Gasteiger partial charge in [-0.15, -0.1) is 0 Å². The van der Waals surface area contributed by atoms with Crippen LogP contribution in [0.15, 0.2) is 54.6 Å². The molecule has 2 nitrogen and oxygen atoms in total. The number of aryl methyl sites for hydroxylation is 1.